The highest BCUT2D eigenvalue weighted by atomic mass is 79.9. The van der Waals surface area contributed by atoms with Crippen molar-refractivity contribution < 1.29 is 4.79 Å². The summed E-state index contributed by atoms with van der Waals surface area (Å²) in [6.45, 7) is 1.70. The number of hydrogen-bond acceptors (Lipinski definition) is 2. The van der Waals surface area contributed by atoms with Crippen LogP contribution in [0.25, 0.3) is 0 Å². The Morgan fingerprint density at radius 2 is 2.25 bits per heavy atom. The number of rotatable bonds is 3. The van der Waals surface area contributed by atoms with Gasteiger partial charge in [-0.05, 0) is 37.5 Å². The first kappa shape index (κ1) is 11.6. The van der Waals surface area contributed by atoms with E-state index in [2.05, 4.69) is 27.3 Å². The van der Waals surface area contributed by atoms with Gasteiger partial charge in [-0.2, -0.15) is 0 Å². The molecule has 1 aromatic carbocycles. The summed E-state index contributed by atoms with van der Waals surface area (Å²) >= 11 is 3.44. The molecule has 1 amide bonds. The van der Waals surface area contributed by atoms with E-state index in [9.17, 15) is 4.79 Å². The monoisotopic (exact) mass is 282 g/mol. The van der Waals surface area contributed by atoms with Crippen molar-refractivity contribution in [1.29, 1.82) is 0 Å². The van der Waals surface area contributed by atoms with Gasteiger partial charge in [0.2, 0.25) is 5.91 Å². The zero-order chi connectivity index (χ0) is 11.8. The second-order valence-corrected chi connectivity index (χ2v) is 5.29. The molecule has 0 unspecified atom stereocenters. The standard InChI is InChI=1S/C12H15BrN2O/c1-8(14)11(16)15-12(5-6-12)9-3-2-4-10(13)7-9/h2-4,7-8H,5-6,14H2,1H3,(H,15,16)/t8-/m1/s1. The SMILES string of the molecule is C[C@@H](N)C(=O)NC1(c2cccc(Br)c2)CC1. The predicted octanol–water partition coefficient (Wildman–Crippen LogP) is 1.90. The van der Waals surface area contributed by atoms with E-state index in [1.807, 2.05) is 18.2 Å². The summed E-state index contributed by atoms with van der Waals surface area (Å²) in [5, 5.41) is 3.03. The molecule has 1 aliphatic rings. The molecule has 16 heavy (non-hydrogen) atoms. The van der Waals surface area contributed by atoms with Gasteiger partial charge in [-0.3, -0.25) is 4.79 Å². The van der Waals surface area contributed by atoms with Crippen LogP contribution in [0.2, 0.25) is 0 Å². The van der Waals surface area contributed by atoms with Gasteiger partial charge in [-0.15, -0.1) is 0 Å². The minimum Gasteiger partial charge on any atom is -0.345 e. The van der Waals surface area contributed by atoms with Gasteiger partial charge in [0, 0.05) is 4.47 Å². The molecule has 1 atom stereocenters. The van der Waals surface area contributed by atoms with Crippen LogP contribution in [-0.4, -0.2) is 11.9 Å². The van der Waals surface area contributed by atoms with Crippen molar-refractivity contribution in [1.82, 2.24) is 5.32 Å². The van der Waals surface area contributed by atoms with Crippen LogP contribution in [0.15, 0.2) is 28.7 Å². The maximum Gasteiger partial charge on any atom is 0.237 e. The molecule has 0 aliphatic heterocycles. The number of carbonyl (C=O) groups is 1. The third kappa shape index (κ3) is 2.28. The van der Waals surface area contributed by atoms with E-state index in [0.29, 0.717) is 0 Å². The van der Waals surface area contributed by atoms with Crippen LogP contribution in [-0.2, 0) is 10.3 Å². The van der Waals surface area contributed by atoms with Crippen molar-refractivity contribution in [2.75, 3.05) is 0 Å². The van der Waals surface area contributed by atoms with Gasteiger partial charge < -0.3 is 11.1 Å². The summed E-state index contributed by atoms with van der Waals surface area (Å²) < 4.78 is 1.03. The molecule has 3 N–H and O–H groups in total. The summed E-state index contributed by atoms with van der Waals surface area (Å²) in [5.74, 6) is -0.0857. The topological polar surface area (TPSA) is 55.1 Å². The Kier molecular flexibility index (Phi) is 3.04. The van der Waals surface area contributed by atoms with Crippen molar-refractivity contribution in [2.45, 2.75) is 31.3 Å². The number of nitrogens with one attached hydrogen (secondary N) is 1. The van der Waals surface area contributed by atoms with E-state index < -0.39 is 6.04 Å². The van der Waals surface area contributed by atoms with E-state index in [1.165, 1.54) is 0 Å². The summed E-state index contributed by atoms with van der Waals surface area (Å²) in [6, 6.07) is 7.60. The maximum atomic E-state index is 11.6. The largest absolute Gasteiger partial charge is 0.345 e. The summed E-state index contributed by atoms with van der Waals surface area (Å²) in [4.78, 5) is 11.6. The van der Waals surface area contributed by atoms with Crippen molar-refractivity contribution >= 4 is 21.8 Å². The Balaban J connectivity index is 2.17. The molecule has 86 valence electrons. The quantitative estimate of drug-likeness (QED) is 0.890. The van der Waals surface area contributed by atoms with Gasteiger partial charge in [-0.1, -0.05) is 28.1 Å². The molecule has 0 spiro atoms. The molecule has 2 rings (SSSR count). The molecule has 1 aromatic rings. The Morgan fingerprint density at radius 3 is 2.75 bits per heavy atom. The van der Waals surface area contributed by atoms with Crippen LogP contribution in [0, 0.1) is 0 Å². The Hall–Kier alpha value is -0.870. The number of hydrogen-bond donors (Lipinski definition) is 2. The average Bonchev–Trinajstić information content (AvgIpc) is 2.99. The molecule has 4 heteroatoms. The summed E-state index contributed by atoms with van der Waals surface area (Å²) in [5.41, 5.74) is 6.53. The van der Waals surface area contributed by atoms with Gasteiger partial charge in [0.15, 0.2) is 0 Å². The van der Waals surface area contributed by atoms with Crippen molar-refractivity contribution in [3.63, 3.8) is 0 Å². The molecule has 0 aromatic heterocycles. The maximum absolute atomic E-state index is 11.6. The third-order valence-electron chi connectivity index (χ3n) is 2.90. The normalized spacial score (nSPS) is 18.9. The van der Waals surface area contributed by atoms with Crippen LogP contribution in [0.3, 0.4) is 0 Å². The fourth-order valence-electron chi connectivity index (χ4n) is 1.75. The minimum absolute atomic E-state index is 0.0857. The van der Waals surface area contributed by atoms with Gasteiger partial charge in [0.25, 0.3) is 0 Å². The molecule has 0 heterocycles. The lowest BCUT2D eigenvalue weighted by Crippen LogP contribution is -2.44. The predicted molar refractivity (Wildman–Crippen MR) is 66.8 cm³/mol. The van der Waals surface area contributed by atoms with E-state index in [-0.39, 0.29) is 11.4 Å². The first-order valence-corrected chi connectivity index (χ1v) is 6.16. The number of carbonyl (C=O) groups excluding carboxylic acids is 1. The first-order chi connectivity index (χ1) is 7.53. The van der Waals surface area contributed by atoms with Crippen LogP contribution in [0.1, 0.15) is 25.3 Å². The van der Waals surface area contributed by atoms with E-state index in [0.717, 1.165) is 22.9 Å². The summed E-state index contributed by atoms with van der Waals surface area (Å²) in [7, 11) is 0. The molecule has 1 aliphatic carbocycles. The van der Waals surface area contributed by atoms with Gasteiger partial charge in [0.05, 0.1) is 11.6 Å². The van der Waals surface area contributed by atoms with Crippen LogP contribution < -0.4 is 11.1 Å². The molecule has 0 radical (unpaired) electrons. The molecule has 1 fully saturated rings. The smallest absolute Gasteiger partial charge is 0.237 e. The lowest BCUT2D eigenvalue weighted by molar-refractivity contribution is -0.123. The molecular formula is C12H15BrN2O. The molecule has 1 saturated carbocycles. The van der Waals surface area contributed by atoms with E-state index in [1.54, 1.807) is 6.92 Å². The Morgan fingerprint density at radius 1 is 1.56 bits per heavy atom. The van der Waals surface area contributed by atoms with Crippen molar-refractivity contribution in [3.8, 4) is 0 Å². The Bertz CT molecular complexity index is 413. The van der Waals surface area contributed by atoms with E-state index >= 15 is 0 Å². The highest BCUT2D eigenvalue weighted by Crippen LogP contribution is 2.45. The lowest BCUT2D eigenvalue weighted by atomic mass is 10.0. The fourth-order valence-corrected chi connectivity index (χ4v) is 2.15. The highest BCUT2D eigenvalue weighted by Gasteiger charge is 2.45. The van der Waals surface area contributed by atoms with Crippen molar-refractivity contribution in [3.05, 3.63) is 34.3 Å². The van der Waals surface area contributed by atoms with Crippen LogP contribution >= 0.6 is 15.9 Å². The zero-order valence-corrected chi connectivity index (χ0v) is 10.8. The number of halogens is 1. The molecule has 3 nitrogen and oxygen atoms in total. The third-order valence-corrected chi connectivity index (χ3v) is 3.40. The Labute approximate surface area is 104 Å². The molecule has 0 saturated heterocycles. The minimum atomic E-state index is -0.454. The zero-order valence-electron chi connectivity index (χ0n) is 9.16. The van der Waals surface area contributed by atoms with Crippen LogP contribution in [0.4, 0.5) is 0 Å². The average molecular weight is 283 g/mol. The number of amides is 1. The molecule has 0 bridgehead atoms. The fraction of sp³-hybridized carbons (Fsp3) is 0.417. The van der Waals surface area contributed by atoms with Gasteiger partial charge >= 0.3 is 0 Å². The second-order valence-electron chi connectivity index (χ2n) is 4.37. The van der Waals surface area contributed by atoms with Gasteiger partial charge in [0.1, 0.15) is 0 Å². The highest BCUT2D eigenvalue weighted by molar-refractivity contribution is 9.10. The van der Waals surface area contributed by atoms with Crippen molar-refractivity contribution in [2.24, 2.45) is 5.73 Å². The number of benzene rings is 1. The first-order valence-electron chi connectivity index (χ1n) is 5.37. The number of nitrogens with two attached hydrogens (primary N) is 1. The molecular weight excluding hydrogens is 268 g/mol. The van der Waals surface area contributed by atoms with E-state index in [4.69, 9.17) is 5.73 Å². The van der Waals surface area contributed by atoms with Gasteiger partial charge in [-0.25, -0.2) is 0 Å². The summed E-state index contributed by atoms with van der Waals surface area (Å²) in [6.07, 6.45) is 1.98. The second kappa shape index (κ2) is 4.18. The lowest BCUT2D eigenvalue weighted by Gasteiger charge is -2.19. The van der Waals surface area contributed by atoms with Crippen LogP contribution in [0.5, 0.6) is 0 Å².